The van der Waals surface area contributed by atoms with Crippen LogP contribution in [0.5, 0.6) is 6.01 Å². The highest BCUT2D eigenvalue weighted by molar-refractivity contribution is 6.07. The van der Waals surface area contributed by atoms with E-state index in [0.29, 0.717) is 70.6 Å². The van der Waals surface area contributed by atoms with Gasteiger partial charge in [0, 0.05) is 67.2 Å². The van der Waals surface area contributed by atoms with Gasteiger partial charge in [-0.3, -0.25) is 9.30 Å². The number of hydrogen-bond acceptors (Lipinski definition) is 9. The zero-order valence-corrected chi connectivity index (χ0v) is 30.1. The van der Waals surface area contributed by atoms with Crippen LogP contribution in [0.1, 0.15) is 58.4 Å². The lowest BCUT2D eigenvalue weighted by atomic mass is 9.94. The van der Waals surface area contributed by atoms with Gasteiger partial charge in [0.05, 0.1) is 16.6 Å². The van der Waals surface area contributed by atoms with Crippen molar-refractivity contribution in [1.29, 1.82) is 0 Å². The average molecular weight is 721 g/mol. The summed E-state index contributed by atoms with van der Waals surface area (Å²) in [7, 11) is 0. The Morgan fingerprint density at radius 2 is 1.91 bits per heavy atom. The molecular weight excluding hydrogens is 678 g/mol. The van der Waals surface area contributed by atoms with Crippen LogP contribution in [0.25, 0.3) is 38.6 Å². The van der Waals surface area contributed by atoms with E-state index in [2.05, 4.69) is 15.7 Å². The summed E-state index contributed by atoms with van der Waals surface area (Å²) in [6, 6.07) is 8.63. The number of hydrogen-bond donors (Lipinski definition) is 1. The Morgan fingerprint density at radius 3 is 2.66 bits per heavy atom. The quantitative estimate of drug-likeness (QED) is 0.164. The molecule has 11 nitrogen and oxygen atoms in total. The molecule has 4 fully saturated rings. The van der Waals surface area contributed by atoms with Crippen LogP contribution in [0.3, 0.4) is 0 Å². The van der Waals surface area contributed by atoms with Gasteiger partial charge in [0.15, 0.2) is 5.82 Å². The molecular formula is C40H42F2N8O3. The van der Waals surface area contributed by atoms with Crippen LogP contribution in [0.4, 0.5) is 25.1 Å². The molecule has 2 aromatic carbocycles. The predicted octanol–water partition coefficient (Wildman–Crippen LogP) is 6.34. The molecule has 0 aliphatic carbocycles. The number of likely N-dealkylation sites (tertiary alicyclic amines) is 1. The molecule has 0 spiro atoms. The van der Waals surface area contributed by atoms with Crippen LogP contribution < -0.4 is 15.4 Å². The lowest BCUT2D eigenvalue weighted by Crippen LogP contribution is -2.56. The number of rotatable bonds is 5. The van der Waals surface area contributed by atoms with E-state index in [1.165, 1.54) is 6.07 Å². The average Bonchev–Trinajstić information content (AvgIpc) is 3.87. The number of anilines is 2. The van der Waals surface area contributed by atoms with Gasteiger partial charge < -0.3 is 25.0 Å². The van der Waals surface area contributed by atoms with Crippen molar-refractivity contribution in [2.45, 2.75) is 82.3 Å². The van der Waals surface area contributed by atoms with Gasteiger partial charge in [0.25, 0.3) is 0 Å². The van der Waals surface area contributed by atoms with Crippen LogP contribution in [-0.2, 0) is 4.74 Å². The summed E-state index contributed by atoms with van der Waals surface area (Å²) >= 11 is 0. The van der Waals surface area contributed by atoms with E-state index in [4.69, 9.17) is 36.6 Å². The van der Waals surface area contributed by atoms with Gasteiger partial charge in [-0.15, -0.1) is 6.42 Å². The fraction of sp³-hybridized carbons (Fsp3) is 0.450. The number of terminal acetylenes is 1. The highest BCUT2D eigenvalue weighted by Crippen LogP contribution is 2.44. The van der Waals surface area contributed by atoms with Crippen LogP contribution in [-0.4, -0.2) is 97.4 Å². The Labute approximate surface area is 306 Å². The first-order valence-electron chi connectivity index (χ1n) is 18.4. The second-order valence-electron chi connectivity index (χ2n) is 16.0. The maximum Gasteiger partial charge on any atom is 0.410 e. The summed E-state index contributed by atoms with van der Waals surface area (Å²) in [5.41, 5.74) is 9.22. The first-order valence-corrected chi connectivity index (χ1v) is 18.4. The molecule has 2 bridgehead atoms. The second-order valence-corrected chi connectivity index (χ2v) is 16.0. The molecule has 4 aliphatic heterocycles. The number of nitrogens with two attached hydrogens (primary N) is 1. The number of aromatic nitrogens is 4. The molecule has 3 aromatic heterocycles. The third-order valence-electron chi connectivity index (χ3n) is 11.4. The normalized spacial score (nSPS) is 24.3. The van der Waals surface area contributed by atoms with E-state index < -0.39 is 23.1 Å². The van der Waals surface area contributed by atoms with Crippen molar-refractivity contribution in [3.8, 4) is 29.5 Å². The number of halogens is 2. The molecule has 13 heteroatoms. The number of pyridine rings is 1. The molecule has 4 aliphatic rings. The fourth-order valence-corrected chi connectivity index (χ4v) is 9.29. The van der Waals surface area contributed by atoms with Gasteiger partial charge in [-0.25, -0.2) is 18.6 Å². The van der Waals surface area contributed by atoms with Gasteiger partial charge in [0.2, 0.25) is 0 Å². The number of carbonyl (C=O) groups excluding carboxylic acids is 1. The molecule has 53 heavy (non-hydrogen) atoms. The highest BCUT2D eigenvalue weighted by atomic mass is 19.1. The second kappa shape index (κ2) is 12.2. The SMILES string of the molecule is C#Cc1c(F)ccc2cc(N)cc(-c3cc4nc(OC[C@@]56CCCN5C[C@H](F)C6)nc(N5[C@@H]6CC[C@H]5CN(C(=O)OC(C)(C)C)C6)c4n4ccnc34)c12. The Kier molecular flexibility index (Phi) is 7.71. The van der Waals surface area contributed by atoms with E-state index in [-0.39, 0.29) is 36.4 Å². The molecule has 274 valence electrons. The molecule has 4 saturated heterocycles. The molecule has 5 aromatic rings. The number of piperazine rings is 1. The largest absolute Gasteiger partial charge is 0.461 e. The summed E-state index contributed by atoms with van der Waals surface area (Å²) < 4.78 is 44.1. The first-order chi connectivity index (χ1) is 25.4. The number of amides is 1. The Bertz CT molecular complexity index is 2340. The van der Waals surface area contributed by atoms with E-state index in [9.17, 15) is 9.18 Å². The van der Waals surface area contributed by atoms with Crippen molar-refractivity contribution in [3.63, 3.8) is 0 Å². The number of imidazole rings is 1. The summed E-state index contributed by atoms with van der Waals surface area (Å²) in [6.45, 7) is 8.08. The maximum absolute atomic E-state index is 15.2. The Morgan fingerprint density at radius 1 is 1.11 bits per heavy atom. The third-order valence-corrected chi connectivity index (χ3v) is 11.4. The van der Waals surface area contributed by atoms with Gasteiger partial charge in [-0.2, -0.15) is 9.97 Å². The summed E-state index contributed by atoms with van der Waals surface area (Å²) in [6.07, 6.45) is 12.2. The molecule has 1 amide bonds. The van der Waals surface area contributed by atoms with Gasteiger partial charge in [-0.05, 0) is 88.2 Å². The zero-order valence-electron chi connectivity index (χ0n) is 30.1. The van der Waals surface area contributed by atoms with Crippen molar-refractivity contribution < 1.29 is 23.0 Å². The molecule has 9 rings (SSSR count). The lowest BCUT2D eigenvalue weighted by Gasteiger charge is -2.42. The summed E-state index contributed by atoms with van der Waals surface area (Å²) in [5.74, 6) is 2.71. The van der Waals surface area contributed by atoms with Crippen molar-refractivity contribution >= 4 is 45.1 Å². The molecule has 4 atom stereocenters. The van der Waals surface area contributed by atoms with Crippen LogP contribution in [0.2, 0.25) is 0 Å². The third kappa shape index (κ3) is 5.57. The van der Waals surface area contributed by atoms with Crippen LogP contribution in [0.15, 0.2) is 42.7 Å². The standard InChI is InChI=1S/C40H42F2N8O3/c1-5-28-31(42)10-7-23-15-25(43)16-29(33(23)28)30-17-32-34(49-14-12-44-35(30)49)36(46-37(45-32)52-22-40-11-6-13-48(40)19-24(41)18-40)50-26-8-9-27(50)21-47(20-26)38(51)53-39(2,3)4/h1,7,10,12,14-17,24,26-27H,6,8-9,11,13,18-22,43H2,2-4H3/t24-,26-,27+,40+/m1/s1. The monoisotopic (exact) mass is 720 g/mol. The molecule has 2 N–H and O–H groups in total. The van der Waals surface area contributed by atoms with Gasteiger partial charge in [0.1, 0.15) is 35.4 Å². The fourth-order valence-electron chi connectivity index (χ4n) is 9.29. The smallest absolute Gasteiger partial charge is 0.410 e. The maximum atomic E-state index is 15.2. The Balaban J connectivity index is 1.21. The molecule has 0 radical (unpaired) electrons. The number of alkyl halides is 1. The minimum absolute atomic E-state index is 0.0319. The van der Waals surface area contributed by atoms with Crippen LogP contribution >= 0.6 is 0 Å². The van der Waals surface area contributed by atoms with Gasteiger partial charge in [-0.1, -0.05) is 12.0 Å². The lowest BCUT2D eigenvalue weighted by molar-refractivity contribution is 0.0209. The van der Waals surface area contributed by atoms with Crippen molar-refractivity contribution in [2.75, 3.05) is 43.4 Å². The number of benzene rings is 2. The number of carbonyl (C=O) groups is 1. The Hall–Kier alpha value is -5.22. The summed E-state index contributed by atoms with van der Waals surface area (Å²) in [4.78, 5) is 34.4. The van der Waals surface area contributed by atoms with E-state index in [0.717, 1.165) is 37.7 Å². The van der Waals surface area contributed by atoms with Gasteiger partial charge >= 0.3 is 12.1 Å². The zero-order chi connectivity index (χ0) is 36.8. The number of nitrogens with zero attached hydrogens (tertiary/aromatic N) is 7. The van der Waals surface area contributed by atoms with Crippen molar-refractivity contribution in [2.24, 2.45) is 0 Å². The van der Waals surface area contributed by atoms with Crippen molar-refractivity contribution in [1.82, 2.24) is 29.2 Å². The van der Waals surface area contributed by atoms with E-state index >= 15 is 4.39 Å². The highest BCUT2D eigenvalue weighted by Gasteiger charge is 2.50. The minimum atomic E-state index is -0.896. The number of ether oxygens (including phenoxy) is 2. The molecule has 0 saturated carbocycles. The topological polar surface area (TPSA) is 114 Å². The number of nitrogen functional groups attached to an aromatic ring is 1. The minimum Gasteiger partial charge on any atom is -0.461 e. The molecule has 7 heterocycles. The van der Waals surface area contributed by atoms with Crippen LogP contribution in [0, 0.1) is 18.2 Å². The predicted molar refractivity (Wildman–Crippen MR) is 199 cm³/mol. The molecule has 0 unspecified atom stereocenters. The van der Waals surface area contributed by atoms with E-state index in [1.807, 2.05) is 37.4 Å². The first kappa shape index (κ1) is 33.6. The summed E-state index contributed by atoms with van der Waals surface area (Å²) in [5, 5.41) is 1.25. The van der Waals surface area contributed by atoms with E-state index in [1.54, 1.807) is 29.3 Å². The van der Waals surface area contributed by atoms with Crippen molar-refractivity contribution in [3.05, 3.63) is 54.1 Å². The number of fused-ring (bicyclic) bond motifs is 7.